The van der Waals surface area contributed by atoms with Gasteiger partial charge in [-0.15, -0.1) is 0 Å². The lowest BCUT2D eigenvalue weighted by atomic mass is 10.1. The summed E-state index contributed by atoms with van der Waals surface area (Å²) in [6.45, 7) is 14.6. The van der Waals surface area contributed by atoms with Gasteiger partial charge in [-0.25, -0.2) is 0 Å². The molecule has 0 aliphatic carbocycles. The number of nitrogens with zero attached hydrogens (tertiary/aromatic N) is 1. The normalized spacial score (nSPS) is 16.6. The Labute approximate surface area is 106 Å². The third-order valence-corrected chi connectivity index (χ3v) is 8.28. The van der Waals surface area contributed by atoms with Crippen LogP contribution < -0.4 is 0 Å². The molecule has 0 N–H and O–H groups in total. The van der Waals surface area contributed by atoms with Crippen LogP contribution in [0.5, 0.6) is 0 Å². The summed E-state index contributed by atoms with van der Waals surface area (Å²) in [4.78, 5) is 10.8. The fourth-order valence-corrected chi connectivity index (χ4v) is 2.97. The second-order valence-electron chi connectivity index (χ2n) is 6.09. The molecule has 17 heavy (non-hydrogen) atoms. The minimum Gasteiger partial charge on any atom is -0.407 e. The van der Waals surface area contributed by atoms with Crippen LogP contribution in [0.1, 0.15) is 47.5 Å². The van der Waals surface area contributed by atoms with Crippen LogP contribution in [-0.2, 0) is 4.43 Å². The summed E-state index contributed by atoms with van der Waals surface area (Å²) in [6.07, 6.45) is 0.974. The zero-order valence-electron chi connectivity index (χ0n) is 12.2. The molecule has 2 atom stereocenters. The minimum atomic E-state index is -1.92. The molecule has 0 saturated heterocycles. The van der Waals surface area contributed by atoms with Crippen molar-refractivity contribution in [1.82, 2.24) is 0 Å². The van der Waals surface area contributed by atoms with Gasteiger partial charge in [0.25, 0.3) is 0 Å². The topological polar surface area (TPSA) is 52.4 Å². The second kappa shape index (κ2) is 5.95. The summed E-state index contributed by atoms with van der Waals surface area (Å²) in [7, 11) is -1.92. The maximum absolute atomic E-state index is 11.0. The predicted molar refractivity (Wildman–Crippen MR) is 73.4 cm³/mol. The lowest BCUT2D eigenvalue weighted by molar-refractivity contribution is -0.533. The fourth-order valence-electron chi connectivity index (χ4n) is 1.54. The Morgan fingerprint density at radius 3 is 1.94 bits per heavy atom. The molecule has 0 bridgehead atoms. The van der Waals surface area contributed by atoms with Crippen LogP contribution >= 0.6 is 0 Å². The van der Waals surface area contributed by atoms with Gasteiger partial charge in [0.2, 0.25) is 6.04 Å². The zero-order valence-corrected chi connectivity index (χ0v) is 13.2. The molecule has 0 radical (unpaired) electrons. The van der Waals surface area contributed by atoms with Gasteiger partial charge in [-0.3, -0.25) is 10.1 Å². The molecule has 0 rings (SSSR count). The van der Waals surface area contributed by atoms with E-state index in [0.29, 0.717) is 12.8 Å². The average Bonchev–Trinajstić information content (AvgIpc) is 2.14. The maximum Gasteiger partial charge on any atom is 0.237 e. The monoisotopic (exact) mass is 261 g/mol. The smallest absolute Gasteiger partial charge is 0.237 e. The molecule has 0 aromatic carbocycles. The van der Waals surface area contributed by atoms with Crippen molar-refractivity contribution in [2.24, 2.45) is 0 Å². The SMILES string of the molecule is CC[C@H]([C@@H](CC)O[Si](C)(C)C(C)(C)C)[N+](=O)[O-]. The van der Waals surface area contributed by atoms with Crippen molar-refractivity contribution >= 4 is 8.32 Å². The van der Waals surface area contributed by atoms with Gasteiger partial charge in [0.05, 0.1) is 0 Å². The second-order valence-corrected chi connectivity index (χ2v) is 10.8. The van der Waals surface area contributed by atoms with Crippen LogP contribution in [0.4, 0.5) is 0 Å². The van der Waals surface area contributed by atoms with Gasteiger partial charge < -0.3 is 4.43 Å². The summed E-state index contributed by atoms with van der Waals surface area (Å²) in [6, 6.07) is -0.575. The van der Waals surface area contributed by atoms with Gasteiger partial charge >= 0.3 is 0 Å². The highest BCUT2D eigenvalue weighted by Crippen LogP contribution is 2.38. The highest BCUT2D eigenvalue weighted by atomic mass is 28.4. The highest BCUT2D eigenvalue weighted by Gasteiger charge is 2.42. The maximum atomic E-state index is 11.0. The number of nitro groups is 1. The van der Waals surface area contributed by atoms with Gasteiger partial charge in [0.15, 0.2) is 8.32 Å². The fraction of sp³-hybridized carbons (Fsp3) is 1.00. The van der Waals surface area contributed by atoms with Gasteiger partial charge in [0.1, 0.15) is 6.10 Å². The Kier molecular flexibility index (Phi) is 5.81. The van der Waals surface area contributed by atoms with Crippen molar-refractivity contribution in [3.63, 3.8) is 0 Å². The first kappa shape index (κ1) is 16.6. The summed E-state index contributed by atoms with van der Waals surface area (Å²) in [5, 5.41) is 11.1. The third kappa shape index (κ3) is 4.39. The van der Waals surface area contributed by atoms with E-state index >= 15 is 0 Å². The quantitative estimate of drug-likeness (QED) is 0.414. The summed E-state index contributed by atoms with van der Waals surface area (Å²) >= 11 is 0. The first-order valence-electron chi connectivity index (χ1n) is 6.38. The number of hydrogen-bond acceptors (Lipinski definition) is 3. The molecule has 0 aliphatic heterocycles. The number of rotatable bonds is 6. The first-order chi connectivity index (χ1) is 7.56. The molecule has 0 saturated carbocycles. The Morgan fingerprint density at radius 2 is 1.71 bits per heavy atom. The molecular formula is C12H27NO3Si. The van der Waals surface area contributed by atoms with E-state index in [-0.39, 0.29) is 16.1 Å². The van der Waals surface area contributed by atoms with E-state index in [9.17, 15) is 10.1 Å². The zero-order chi connectivity index (χ0) is 13.9. The Morgan fingerprint density at radius 1 is 1.24 bits per heavy atom. The van der Waals surface area contributed by atoms with Gasteiger partial charge in [-0.2, -0.15) is 0 Å². The van der Waals surface area contributed by atoms with Crippen molar-refractivity contribution in [2.45, 2.75) is 77.7 Å². The van der Waals surface area contributed by atoms with Crippen LogP contribution in [0, 0.1) is 10.1 Å². The molecule has 0 aromatic rings. The lowest BCUT2D eigenvalue weighted by Crippen LogP contribution is -2.48. The van der Waals surface area contributed by atoms with E-state index in [1.54, 1.807) is 0 Å². The highest BCUT2D eigenvalue weighted by molar-refractivity contribution is 6.74. The van der Waals surface area contributed by atoms with E-state index in [0.717, 1.165) is 0 Å². The van der Waals surface area contributed by atoms with Crippen LogP contribution in [-0.4, -0.2) is 25.4 Å². The van der Waals surface area contributed by atoms with Crippen LogP contribution in [0.25, 0.3) is 0 Å². The Hall–Kier alpha value is -0.423. The Bertz CT molecular complexity index is 261. The molecule has 0 aliphatic rings. The molecule has 5 heteroatoms. The first-order valence-corrected chi connectivity index (χ1v) is 9.29. The molecule has 0 aromatic heterocycles. The van der Waals surface area contributed by atoms with Crippen LogP contribution in [0.2, 0.25) is 18.1 Å². The molecule has 0 amide bonds. The van der Waals surface area contributed by atoms with Gasteiger partial charge in [-0.05, 0) is 24.6 Å². The van der Waals surface area contributed by atoms with Crippen molar-refractivity contribution in [1.29, 1.82) is 0 Å². The molecular weight excluding hydrogens is 234 g/mol. The molecule has 102 valence electrons. The summed E-state index contributed by atoms with van der Waals surface area (Å²) in [5.41, 5.74) is 0. The van der Waals surface area contributed by atoms with Crippen LogP contribution in [0.15, 0.2) is 0 Å². The standard InChI is InChI=1S/C12H27NO3Si/c1-8-10(13(14)15)11(9-2)16-17(6,7)12(3,4)5/h10-11H,8-9H2,1-7H3/t10-,11-/m1/s1. The Balaban J connectivity index is 4.87. The number of hydrogen-bond donors (Lipinski definition) is 0. The predicted octanol–water partition coefficient (Wildman–Crippen LogP) is 3.84. The van der Waals surface area contributed by atoms with Crippen molar-refractivity contribution in [3.05, 3.63) is 10.1 Å². The van der Waals surface area contributed by atoms with E-state index in [1.807, 2.05) is 13.8 Å². The molecule has 0 unspecified atom stereocenters. The largest absolute Gasteiger partial charge is 0.407 e. The summed E-state index contributed by atoms with van der Waals surface area (Å²) in [5.74, 6) is 0. The van der Waals surface area contributed by atoms with Gasteiger partial charge in [-0.1, -0.05) is 34.6 Å². The van der Waals surface area contributed by atoms with Crippen molar-refractivity contribution in [2.75, 3.05) is 0 Å². The lowest BCUT2D eigenvalue weighted by Gasteiger charge is -2.39. The average molecular weight is 261 g/mol. The minimum absolute atomic E-state index is 0.0926. The van der Waals surface area contributed by atoms with E-state index in [4.69, 9.17) is 4.43 Å². The van der Waals surface area contributed by atoms with E-state index < -0.39 is 14.4 Å². The van der Waals surface area contributed by atoms with Gasteiger partial charge in [0, 0.05) is 11.3 Å². The molecule has 0 fully saturated rings. The van der Waals surface area contributed by atoms with Crippen LogP contribution in [0.3, 0.4) is 0 Å². The summed E-state index contributed by atoms with van der Waals surface area (Å²) < 4.78 is 6.16. The molecule has 0 spiro atoms. The molecule has 0 heterocycles. The third-order valence-electron chi connectivity index (χ3n) is 3.77. The van der Waals surface area contributed by atoms with Crippen molar-refractivity contribution in [3.8, 4) is 0 Å². The van der Waals surface area contributed by atoms with E-state index in [1.165, 1.54) is 0 Å². The van der Waals surface area contributed by atoms with E-state index in [2.05, 4.69) is 33.9 Å². The van der Waals surface area contributed by atoms with Crippen molar-refractivity contribution < 1.29 is 9.35 Å². The molecule has 4 nitrogen and oxygen atoms in total.